The number of carbonyl (C=O) groups is 1. The van der Waals surface area contributed by atoms with Crippen molar-refractivity contribution in [3.05, 3.63) is 23.8 Å². The Bertz CT molecular complexity index is 513. The lowest BCUT2D eigenvalue weighted by molar-refractivity contribution is -0.0512. The Morgan fingerprint density at radius 1 is 1.41 bits per heavy atom. The van der Waals surface area contributed by atoms with E-state index in [1.165, 1.54) is 25.3 Å². The standard InChI is InChI=1S/C14H18F2N2O3.ClH/c1-20-11-5-4-9(6-12(11)21-14(15)16)13(19)18-7-10(17)8-2-3-8;/h4-6,8,10,14H,2-3,7,17H2,1H3,(H,18,19);1H. The van der Waals surface area contributed by atoms with Crippen LogP contribution in [0.4, 0.5) is 8.78 Å². The van der Waals surface area contributed by atoms with Gasteiger partial charge in [0.1, 0.15) is 0 Å². The lowest BCUT2D eigenvalue weighted by Gasteiger charge is -2.13. The monoisotopic (exact) mass is 336 g/mol. The van der Waals surface area contributed by atoms with Gasteiger partial charge in [-0.1, -0.05) is 0 Å². The molecular formula is C14H19ClF2N2O3. The van der Waals surface area contributed by atoms with E-state index in [4.69, 9.17) is 10.5 Å². The average Bonchev–Trinajstić information content (AvgIpc) is 3.28. The summed E-state index contributed by atoms with van der Waals surface area (Å²) in [6, 6.07) is 4.05. The van der Waals surface area contributed by atoms with Crippen molar-refractivity contribution in [2.75, 3.05) is 13.7 Å². The average molecular weight is 337 g/mol. The SMILES string of the molecule is COc1ccc(C(=O)NCC(N)C2CC2)cc1OC(F)F.Cl. The van der Waals surface area contributed by atoms with E-state index < -0.39 is 6.61 Å². The minimum atomic E-state index is -2.99. The second-order valence-corrected chi connectivity index (χ2v) is 4.96. The number of halogens is 3. The number of hydrogen-bond donors (Lipinski definition) is 2. The zero-order valence-corrected chi connectivity index (χ0v) is 12.9. The molecule has 1 aromatic rings. The van der Waals surface area contributed by atoms with Gasteiger partial charge in [-0.25, -0.2) is 0 Å². The molecule has 5 nitrogen and oxygen atoms in total. The number of nitrogens with one attached hydrogen (secondary N) is 1. The molecule has 1 fully saturated rings. The van der Waals surface area contributed by atoms with Crippen molar-refractivity contribution in [2.24, 2.45) is 11.7 Å². The summed E-state index contributed by atoms with van der Waals surface area (Å²) in [5.41, 5.74) is 6.11. The Morgan fingerprint density at radius 3 is 2.64 bits per heavy atom. The van der Waals surface area contributed by atoms with Gasteiger partial charge in [-0.3, -0.25) is 4.79 Å². The first-order valence-corrected chi connectivity index (χ1v) is 6.68. The first kappa shape index (κ1) is 18.4. The molecule has 0 saturated heterocycles. The van der Waals surface area contributed by atoms with Gasteiger partial charge in [0.15, 0.2) is 11.5 Å². The molecule has 0 spiro atoms. The number of benzene rings is 1. The lowest BCUT2D eigenvalue weighted by Crippen LogP contribution is -2.38. The molecule has 0 heterocycles. The van der Waals surface area contributed by atoms with Crippen molar-refractivity contribution < 1.29 is 23.0 Å². The largest absolute Gasteiger partial charge is 0.493 e. The number of amides is 1. The number of ether oxygens (including phenoxy) is 2. The van der Waals surface area contributed by atoms with E-state index >= 15 is 0 Å². The number of hydrogen-bond acceptors (Lipinski definition) is 4. The summed E-state index contributed by atoms with van der Waals surface area (Å²) in [6.07, 6.45) is 2.18. The molecule has 0 aromatic heterocycles. The van der Waals surface area contributed by atoms with Crippen LogP contribution in [-0.2, 0) is 0 Å². The summed E-state index contributed by atoms with van der Waals surface area (Å²) in [7, 11) is 1.34. The van der Waals surface area contributed by atoms with Gasteiger partial charge in [0.25, 0.3) is 5.91 Å². The summed E-state index contributed by atoms with van der Waals surface area (Å²) in [5.74, 6) is 0.0555. The molecule has 1 amide bonds. The van der Waals surface area contributed by atoms with E-state index in [1.54, 1.807) is 0 Å². The van der Waals surface area contributed by atoms with Crippen molar-refractivity contribution >= 4 is 18.3 Å². The van der Waals surface area contributed by atoms with Crippen LogP contribution in [0.25, 0.3) is 0 Å². The van der Waals surface area contributed by atoms with Gasteiger partial charge in [0.2, 0.25) is 0 Å². The van der Waals surface area contributed by atoms with Crippen LogP contribution in [-0.4, -0.2) is 32.2 Å². The molecule has 1 aliphatic carbocycles. The smallest absolute Gasteiger partial charge is 0.387 e. The third kappa shape index (κ3) is 4.99. The van der Waals surface area contributed by atoms with Crippen molar-refractivity contribution in [1.29, 1.82) is 0 Å². The molecule has 124 valence electrons. The number of carbonyl (C=O) groups excluding carboxylic acids is 1. The normalized spacial score (nSPS) is 15.0. The van der Waals surface area contributed by atoms with E-state index in [1.807, 2.05) is 0 Å². The van der Waals surface area contributed by atoms with Crippen molar-refractivity contribution in [1.82, 2.24) is 5.32 Å². The fourth-order valence-electron chi connectivity index (χ4n) is 2.01. The Labute approximate surface area is 133 Å². The number of rotatable bonds is 7. The molecule has 1 aromatic carbocycles. The minimum Gasteiger partial charge on any atom is -0.493 e. The maximum atomic E-state index is 12.3. The van der Waals surface area contributed by atoms with Crippen LogP contribution in [0.5, 0.6) is 11.5 Å². The second-order valence-electron chi connectivity index (χ2n) is 4.96. The fourth-order valence-corrected chi connectivity index (χ4v) is 2.01. The maximum Gasteiger partial charge on any atom is 0.387 e. The summed E-state index contributed by atoms with van der Waals surface area (Å²) in [6.45, 7) is -2.62. The maximum absolute atomic E-state index is 12.3. The lowest BCUT2D eigenvalue weighted by atomic mass is 10.1. The van der Waals surface area contributed by atoms with Crippen LogP contribution < -0.4 is 20.5 Å². The summed E-state index contributed by atoms with van der Waals surface area (Å²) in [5, 5.41) is 2.69. The predicted molar refractivity (Wildman–Crippen MR) is 79.9 cm³/mol. The quantitative estimate of drug-likeness (QED) is 0.800. The van der Waals surface area contributed by atoms with Gasteiger partial charge >= 0.3 is 6.61 Å². The van der Waals surface area contributed by atoms with Crippen LogP contribution in [0.15, 0.2) is 18.2 Å². The molecule has 1 unspecified atom stereocenters. The van der Waals surface area contributed by atoms with E-state index in [0.717, 1.165) is 12.8 Å². The molecule has 8 heteroatoms. The molecule has 0 aliphatic heterocycles. The summed E-state index contributed by atoms with van der Waals surface area (Å²) in [4.78, 5) is 12.0. The predicted octanol–water partition coefficient (Wildman–Crippen LogP) is 2.19. The fraction of sp³-hybridized carbons (Fsp3) is 0.500. The first-order valence-electron chi connectivity index (χ1n) is 6.68. The third-order valence-electron chi connectivity index (χ3n) is 3.37. The minimum absolute atomic E-state index is 0. The van der Waals surface area contributed by atoms with Crippen LogP contribution in [0.2, 0.25) is 0 Å². The molecule has 22 heavy (non-hydrogen) atoms. The van der Waals surface area contributed by atoms with E-state index in [0.29, 0.717) is 12.5 Å². The highest BCUT2D eigenvalue weighted by molar-refractivity contribution is 5.94. The second kappa shape index (κ2) is 8.14. The molecule has 1 aliphatic rings. The van der Waals surface area contributed by atoms with Gasteiger partial charge in [0, 0.05) is 18.2 Å². The van der Waals surface area contributed by atoms with Crippen LogP contribution in [0, 0.1) is 5.92 Å². The van der Waals surface area contributed by atoms with Crippen LogP contribution in [0.1, 0.15) is 23.2 Å². The Hall–Kier alpha value is -1.60. The molecule has 2 rings (SSSR count). The summed E-state index contributed by atoms with van der Waals surface area (Å²) < 4.78 is 33.9. The molecule has 3 N–H and O–H groups in total. The topological polar surface area (TPSA) is 73.6 Å². The zero-order chi connectivity index (χ0) is 15.4. The number of nitrogens with two attached hydrogens (primary N) is 1. The molecule has 1 atom stereocenters. The number of methoxy groups -OCH3 is 1. The zero-order valence-electron chi connectivity index (χ0n) is 12.1. The van der Waals surface area contributed by atoms with Gasteiger partial charge in [-0.2, -0.15) is 8.78 Å². The van der Waals surface area contributed by atoms with Gasteiger partial charge in [0.05, 0.1) is 7.11 Å². The highest BCUT2D eigenvalue weighted by Crippen LogP contribution is 2.31. The molecular weight excluding hydrogens is 318 g/mol. The van der Waals surface area contributed by atoms with E-state index in [2.05, 4.69) is 10.1 Å². The van der Waals surface area contributed by atoms with Gasteiger partial charge < -0.3 is 20.5 Å². The molecule has 0 bridgehead atoms. The third-order valence-corrected chi connectivity index (χ3v) is 3.37. The Morgan fingerprint density at radius 2 is 2.09 bits per heavy atom. The Balaban J connectivity index is 0.00000242. The highest BCUT2D eigenvalue weighted by atomic mass is 35.5. The van der Waals surface area contributed by atoms with Crippen molar-refractivity contribution in [2.45, 2.75) is 25.5 Å². The van der Waals surface area contributed by atoms with Crippen LogP contribution >= 0.6 is 12.4 Å². The van der Waals surface area contributed by atoms with Gasteiger partial charge in [-0.15, -0.1) is 12.4 Å². The van der Waals surface area contributed by atoms with Crippen LogP contribution in [0.3, 0.4) is 0 Å². The Kier molecular flexibility index (Phi) is 6.83. The summed E-state index contributed by atoms with van der Waals surface area (Å²) >= 11 is 0. The van der Waals surface area contributed by atoms with Crippen molar-refractivity contribution in [3.63, 3.8) is 0 Å². The number of alkyl halides is 2. The van der Waals surface area contributed by atoms with Gasteiger partial charge in [-0.05, 0) is 37.0 Å². The molecule has 1 saturated carbocycles. The van der Waals surface area contributed by atoms with Crippen molar-refractivity contribution in [3.8, 4) is 11.5 Å². The van der Waals surface area contributed by atoms with E-state index in [-0.39, 0.29) is 41.4 Å². The highest BCUT2D eigenvalue weighted by Gasteiger charge is 2.28. The van der Waals surface area contributed by atoms with E-state index in [9.17, 15) is 13.6 Å². The first-order chi connectivity index (χ1) is 10.0. The molecule has 0 radical (unpaired) electrons.